The van der Waals surface area contributed by atoms with Crippen LogP contribution < -0.4 is 4.74 Å². The summed E-state index contributed by atoms with van der Waals surface area (Å²) in [5.74, 6) is -1.64. The SMILES string of the molecule is CC(C)COC(=O)CN1C(=O)S/C(=C/c2ccc(Oc3ccc(C(F)(F)F)cc3[N+](=O)[O-])c(Br)c2)C1=O. The van der Waals surface area contributed by atoms with Crippen LogP contribution in [0.1, 0.15) is 25.0 Å². The number of carbonyl (C=O) groups excluding carboxylic acids is 3. The van der Waals surface area contributed by atoms with Gasteiger partial charge in [0.2, 0.25) is 5.75 Å². The minimum atomic E-state index is -4.76. The first-order chi connectivity index (χ1) is 17.3. The highest BCUT2D eigenvalue weighted by molar-refractivity contribution is 9.10. The molecular weight excluding hydrogens is 585 g/mol. The second-order valence-electron chi connectivity index (χ2n) is 8.07. The Morgan fingerprint density at radius 3 is 2.46 bits per heavy atom. The van der Waals surface area contributed by atoms with Gasteiger partial charge in [-0.15, -0.1) is 0 Å². The Morgan fingerprint density at radius 1 is 1.19 bits per heavy atom. The van der Waals surface area contributed by atoms with Gasteiger partial charge in [-0.2, -0.15) is 13.2 Å². The first-order valence-electron chi connectivity index (χ1n) is 10.5. The molecule has 37 heavy (non-hydrogen) atoms. The molecule has 9 nitrogen and oxygen atoms in total. The number of nitro groups is 1. The van der Waals surface area contributed by atoms with E-state index in [-0.39, 0.29) is 27.7 Å². The number of benzene rings is 2. The molecule has 1 aliphatic rings. The molecule has 3 rings (SSSR count). The number of ether oxygens (including phenoxy) is 2. The zero-order chi connectivity index (χ0) is 27.5. The molecule has 0 atom stereocenters. The fraction of sp³-hybridized carbons (Fsp3) is 0.261. The number of esters is 1. The summed E-state index contributed by atoms with van der Waals surface area (Å²) in [6.45, 7) is 3.32. The second-order valence-corrected chi connectivity index (χ2v) is 9.92. The van der Waals surface area contributed by atoms with Crippen molar-refractivity contribution in [2.45, 2.75) is 20.0 Å². The average Bonchev–Trinajstić information content (AvgIpc) is 3.06. The van der Waals surface area contributed by atoms with Crippen molar-refractivity contribution in [1.29, 1.82) is 0 Å². The fourth-order valence-corrected chi connectivity index (χ4v) is 4.27. The third-order valence-electron chi connectivity index (χ3n) is 4.70. The molecule has 2 amide bonds. The molecule has 1 heterocycles. The maximum Gasteiger partial charge on any atom is 0.416 e. The van der Waals surface area contributed by atoms with Crippen molar-refractivity contribution in [1.82, 2.24) is 4.90 Å². The van der Waals surface area contributed by atoms with Crippen LogP contribution in [0.2, 0.25) is 0 Å². The highest BCUT2D eigenvalue weighted by atomic mass is 79.9. The summed E-state index contributed by atoms with van der Waals surface area (Å²) >= 11 is 3.87. The van der Waals surface area contributed by atoms with Crippen LogP contribution in [0.4, 0.5) is 23.7 Å². The van der Waals surface area contributed by atoms with Crippen LogP contribution in [0.15, 0.2) is 45.8 Å². The molecule has 1 fully saturated rings. The average molecular weight is 603 g/mol. The maximum absolute atomic E-state index is 12.9. The standard InChI is InChI=1S/C23H18BrF3N2O7S/c1-12(2)11-35-20(30)10-28-21(31)19(37-22(28)32)8-13-3-5-17(15(24)7-13)36-18-6-4-14(23(25,26)27)9-16(18)29(33)34/h3-9,12H,10-11H2,1-2H3/b19-8+. The van der Waals surface area contributed by atoms with E-state index in [1.807, 2.05) is 13.8 Å². The first-order valence-corrected chi connectivity index (χ1v) is 12.1. The summed E-state index contributed by atoms with van der Waals surface area (Å²) in [4.78, 5) is 47.9. The third-order valence-corrected chi connectivity index (χ3v) is 6.22. The highest BCUT2D eigenvalue weighted by Crippen LogP contribution is 2.40. The van der Waals surface area contributed by atoms with Crippen molar-refractivity contribution in [3.63, 3.8) is 0 Å². The van der Waals surface area contributed by atoms with Gasteiger partial charge in [-0.1, -0.05) is 19.9 Å². The van der Waals surface area contributed by atoms with Gasteiger partial charge in [0, 0.05) is 6.07 Å². The lowest BCUT2D eigenvalue weighted by Gasteiger charge is -2.12. The van der Waals surface area contributed by atoms with Gasteiger partial charge in [-0.3, -0.25) is 29.4 Å². The summed E-state index contributed by atoms with van der Waals surface area (Å²) in [7, 11) is 0. The lowest BCUT2D eigenvalue weighted by atomic mass is 10.1. The topological polar surface area (TPSA) is 116 Å². The van der Waals surface area contributed by atoms with Gasteiger partial charge in [0.25, 0.3) is 11.1 Å². The predicted octanol–water partition coefficient (Wildman–Crippen LogP) is 6.40. The minimum Gasteiger partial charge on any atom is -0.464 e. The van der Waals surface area contributed by atoms with Crippen LogP contribution in [-0.2, 0) is 20.5 Å². The molecular formula is C23H18BrF3N2O7S. The summed E-state index contributed by atoms with van der Waals surface area (Å²) in [5.41, 5.74) is -1.62. The third kappa shape index (κ3) is 7.10. The van der Waals surface area contributed by atoms with Crippen molar-refractivity contribution < 1.29 is 42.0 Å². The van der Waals surface area contributed by atoms with E-state index in [4.69, 9.17) is 9.47 Å². The van der Waals surface area contributed by atoms with Gasteiger partial charge in [0.1, 0.15) is 12.3 Å². The minimum absolute atomic E-state index is 0.0561. The first kappa shape index (κ1) is 28.2. The van der Waals surface area contributed by atoms with Crippen LogP contribution in [0.5, 0.6) is 11.5 Å². The number of carbonyl (C=O) groups is 3. The Bertz CT molecular complexity index is 1300. The highest BCUT2D eigenvalue weighted by Gasteiger charge is 2.37. The van der Waals surface area contributed by atoms with Crippen molar-refractivity contribution >= 4 is 56.6 Å². The molecule has 2 aromatic rings. The van der Waals surface area contributed by atoms with Gasteiger partial charge < -0.3 is 9.47 Å². The number of alkyl halides is 3. The molecule has 0 aromatic heterocycles. The van der Waals surface area contributed by atoms with Crippen molar-refractivity contribution in [2.24, 2.45) is 5.92 Å². The Morgan fingerprint density at radius 2 is 1.86 bits per heavy atom. The predicted molar refractivity (Wildman–Crippen MR) is 131 cm³/mol. The molecule has 0 saturated carbocycles. The van der Waals surface area contributed by atoms with Gasteiger partial charge in [0.05, 0.1) is 26.5 Å². The zero-order valence-corrected chi connectivity index (χ0v) is 21.6. The number of nitro benzene ring substituents is 1. The van der Waals surface area contributed by atoms with Crippen LogP contribution >= 0.6 is 27.7 Å². The van der Waals surface area contributed by atoms with E-state index in [0.717, 1.165) is 11.0 Å². The van der Waals surface area contributed by atoms with Crippen LogP contribution in [0, 0.1) is 16.0 Å². The van der Waals surface area contributed by atoms with E-state index in [1.165, 1.54) is 24.3 Å². The monoisotopic (exact) mass is 602 g/mol. The number of halogens is 4. The summed E-state index contributed by atoms with van der Waals surface area (Å²) < 4.78 is 49.5. The molecule has 0 radical (unpaired) electrons. The number of hydrogen-bond acceptors (Lipinski definition) is 8. The molecule has 14 heteroatoms. The van der Waals surface area contributed by atoms with E-state index in [2.05, 4.69) is 15.9 Å². The van der Waals surface area contributed by atoms with E-state index >= 15 is 0 Å². The molecule has 196 valence electrons. The van der Waals surface area contributed by atoms with Crippen molar-refractivity contribution in [2.75, 3.05) is 13.2 Å². The summed E-state index contributed by atoms with van der Waals surface area (Å²) in [6, 6.07) is 6.23. The molecule has 0 spiro atoms. The quantitative estimate of drug-likeness (QED) is 0.147. The molecule has 0 N–H and O–H groups in total. The normalized spacial score (nSPS) is 15.0. The van der Waals surface area contributed by atoms with Gasteiger partial charge >= 0.3 is 17.8 Å². The Labute approximate surface area is 220 Å². The maximum atomic E-state index is 12.9. The van der Waals surface area contributed by atoms with Gasteiger partial charge in [-0.25, -0.2) is 0 Å². The Kier molecular flexibility index (Phi) is 8.64. The number of rotatable bonds is 8. The molecule has 1 aliphatic heterocycles. The van der Waals surface area contributed by atoms with E-state index in [0.29, 0.717) is 29.5 Å². The number of nitrogens with zero attached hydrogens (tertiary/aromatic N) is 2. The Hall–Kier alpha value is -3.39. The van der Waals surface area contributed by atoms with Crippen LogP contribution in [-0.4, -0.2) is 40.1 Å². The lowest BCUT2D eigenvalue weighted by Crippen LogP contribution is -2.34. The number of thioether (sulfide) groups is 1. The van der Waals surface area contributed by atoms with Gasteiger partial charge in [-0.05, 0) is 69.5 Å². The fourth-order valence-electron chi connectivity index (χ4n) is 2.95. The number of imide groups is 1. The van der Waals surface area contributed by atoms with Crippen LogP contribution in [0.3, 0.4) is 0 Å². The number of hydrogen-bond donors (Lipinski definition) is 0. The van der Waals surface area contributed by atoms with Crippen molar-refractivity contribution in [3.05, 3.63) is 67.0 Å². The lowest BCUT2D eigenvalue weighted by molar-refractivity contribution is -0.385. The van der Waals surface area contributed by atoms with Crippen LogP contribution in [0.25, 0.3) is 6.08 Å². The number of amides is 2. The van der Waals surface area contributed by atoms with E-state index < -0.39 is 51.8 Å². The molecule has 2 aromatic carbocycles. The zero-order valence-electron chi connectivity index (χ0n) is 19.2. The smallest absolute Gasteiger partial charge is 0.416 e. The molecule has 1 saturated heterocycles. The summed E-state index contributed by atoms with van der Waals surface area (Å²) in [6.07, 6.45) is -3.36. The summed E-state index contributed by atoms with van der Waals surface area (Å²) in [5, 5.41) is 10.7. The molecule has 0 unspecified atom stereocenters. The van der Waals surface area contributed by atoms with E-state index in [9.17, 15) is 37.7 Å². The molecule has 0 bridgehead atoms. The largest absolute Gasteiger partial charge is 0.464 e. The Balaban J connectivity index is 1.77. The van der Waals surface area contributed by atoms with E-state index in [1.54, 1.807) is 0 Å². The second kappa shape index (κ2) is 11.3. The van der Waals surface area contributed by atoms with Crippen molar-refractivity contribution in [3.8, 4) is 11.5 Å². The van der Waals surface area contributed by atoms with Gasteiger partial charge in [0.15, 0.2) is 0 Å². The molecule has 0 aliphatic carbocycles.